The normalized spacial score (nSPS) is 32.7. The summed E-state index contributed by atoms with van der Waals surface area (Å²) in [6.45, 7) is 9.55. The zero-order chi connectivity index (χ0) is 25.9. The van der Waals surface area contributed by atoms with Crippen molar-refractivity contribution in [1.82, 2.24) is 0 Å². The van der Waals surface area contributed by atoms with Crippen LogP contribution in [0.2, 0.25) is 0 Å². The highest BCUT2D eigenvalue weighted by atomic mass is 32.3. The van der Waals surface area contributed by atoms with Crippen LogP contribution in [-0.4, -0.2) is 4.75 Å². The van der Waals surface area contributed by atoms with Crippen molar-refractivity contribution >= 4 is 15.6 Å². The second-order valence-corrected chi connectivity index (χ2v) is 15.4. The molecule has 38 heavy (non-hydrogen) atoms. The minimum absolute atomic E-state index is 0.0815. The molecule has 4 unspecified atom stereocenters. The Kier molecular flexibility index (Phi) is 4.55. The van der Waals surface area contributed by atoms with Crippen LogP contribution in [0, 0.1) is 18.8 Å². The van der Waals surface area contributed by atoms with Gasteiger partial charge in [0.1, 0.15) is 0 Å². The van der Waals surface area contributed by atoms with Gasteiger partial charge in [-0.25, -0.2) is 0 Å². The summed E-state index contributed by atoms with van der Waals surface area (Å²) in [7, 11) is -1.29. The van der Waals surface area contributed by atoms with Crippen molar-refractivity contribution in [3.8, 4) is 11.1 Å². The fourth-order valence-electron chi connectivity index (χ4n) is 9.48. The number of fused-ring (bicyclic) bond motifs is 9. The average Bonchev–Trinajstić information content (AvgIpc) is 3.64. The number of rotatable bonds is 2. The van der Waals surface area contributed by atoms with Crippen molar-refractivity contribution in [3.05, 3.63) is 134 Å². The van der Waals surface area contributed by atoms with Gasteiger partial charge < -0.3 is 0 Å². The SMILES string of the molecule is CCC1CC2(CC=CS23C=C(C)C2C=C(c4ccccc4C)C(C)=C23)C12c1ccccc1-c1ccccc12. The van der Waals surface area contributed by atoms with E-state index in [9.17, 15) is 0 Å². The summed E-state index contributed by atoms with van der Waals surface area (Å²) >= 11 is 0. The van der Waals surface area contributed by atoms with Crippen LogP contribution in [-0.2, 0) is 5.41 Å². The predicted molar refractivity (Wildman–Crippen MR) is 164 cm³/mol. The molecular weight excluding hydrogens is 476 g/mol. The number of hydrogen-bond acceptors (Lipinski definition) is 0. The van der Waals surface area contributed by atoms with Crippen LogP contribution in [0.5, 0.6) is 0 Å². The minimum Gasteiger partial charge on any atom is -0.169 e. The molecule has 1 heteroatoms. The third kappa shape index (κ3) is 2.34. The third-order valence-electron chi connectivity index (χ3n) is 10.8. The van der Waals surface area contributed by atoms with E-state index in [0.717, 1.165) is 0 Å². The van der Waals surface area contributed by atoms with Gasteiger partial charge in [0.15, 0.2) is 0 Å². The van der Waals surface area contributed by atoms with Gasteiger partial charge >= 0.3 is 0 Å². The second kappa shape index (κ2) is 7.54. The van der Waals surface area contributed by atoms with E-state index in [1.165, 1.54) is 47.1 Å². The molecule has 0 N–H and O–H groups in total. The molecule has 0 radical (unpaired) electrons. The molecule has 3 aliphatic carbocycles. The van der Waals surface area contributed by atoms with Gasteiger partial charge in [-0.3, -0.25) is 0 Å². The van der Waals surface area contributed by atoms with Crippen LogP contribution in [0.4, 0.5) is 0 Å². The van der Waals surface area contributed by atoms with Crippen LogP contribution in [0.15, 0.2) is 112 Å². The molecule has 2 aliphatic heterocycles. The van der Waals surface area contributed by atoms with Crippen LogP contribution < -0.4 is 0 Å². The molecular formula is C37H36S. The number of hydrogen-bond donors (Lipinski definition) is 0. The summed E-state index contributed by atoms with van der Waals surface area (Å²) in [4.78, 5) is 1.75. The molecule has 0 nitrogen and oxygen atoms in total. The second-order valence-electron chi connectivity index (χ2n) is 12.2. The molecule has 3 aromatic carbocycles. The molecule has 0 amide bonds. The summed E-state index contributed by atoms with van der Waals surface area (Å²) in [5.41, 5.74) is 13.6. The maximum absolute atomic E-state index is 2.79. The van der Waals surface area contributed by atoms with E-state index in [4.69, 9.17) is 0 Å². The van der Waals surface area contributed by atoms with Crippen molar-refractivity contribution in [2.24, 2.45) is 11.8 Å². The first-order valence-electron chi connectivity index (χ1n) is 14.4. The summed E-state index contributed by atoms with van der Waals surface area (Å²) in [6, 6.07) is 27.8. The first-order valence-corrected chi connectivity index (χ1v) is 16.1. The standard InChI is InChI=1S/C37H36S/c1-5-27-22-36(37(27)33-17-10-8-15-29(33)30-16-9-11-18-34(30)37)19-12-20-38(36)23-25(3)31-21-32(26(4)35(31)38)28-14-7-6-13-24(28)2/h6-18,20-21,23,27,31H,5,19,22H2,1-4H3. The Hall–Kier alpha value is -3.03. The molecule has 5 aliphatic rings. The number of allylic oxidation sites excluding steroid dienone is 6. The highest BCUT2D eigenvalue weighted by Gasteiger charge is 2.75. The zero-order valence-corrected chi connectivity index (χ0v) is 23.7. The Bertz CT molecular complexity index is 1620. The van der Waals surface area contributed by atoms with Crippen molar-refractivity contribution in [1.29, 1.82) is 0 Å². The smallest absolute Gasteiger partial charge is 0.0387 e. The Balaban J connectivity index is 1.41. The van der Waals surface area contributed by atoms with Crippen LogP contribution in [0.3, 0.4) is 0 Å². The highest BCUT2D eigenvalue weighted by molar-refractivity contribution is 8.42. The summed E-state index contributed by atoms with van der Waals surface area (Å²) < 4.78 is 0.213. The molecule has 3 spiro atoms. The largest absolute Gasteiger partial charge is 0.169 e. The van der Waals surface area contributed by atoms with Gasteiger partial charge in [-0.15, -0.1) is 0 Å². The first kappa shape index (κ1) is 22.9. The molecule has 1 saturated carbocycles. The molecule has 4 atom stereocenters. The van der Waals surface area contributed by atoms with Crippen LogP contribution in [0.25, 0.3) is 16.7 Å². The molecule has 0 aromatic heterocycles. The fraction of sp³-hybridized carbons (Fsp3) is 0.297. The molecule has 0 bridgehead atoms. The lowest BCUT2D eigenvalue weighted by atomic mass is 9.46. The molecule has 2 heterocycles. The van der Waals surface area contributed by atoms with E-state index in [2.05, 4.69) is 123 Å². The van der Waals surface area contributed by atoms with Crippen molar-refractivity contribution < 1.29 is 0 Å². The molecule has 0 saturated heterocycles. The highest BCUT2D eigenvalue weighted by Crippen LogP contribution is 2.90. The van der Waals surface area contributed by atoms with E-state index in [1.807, 2.05) is 0 Å². The molecule has 190 valence electrons. The lowest BCUT2D eigenvalue weighted by molar-refractivity contribution is 0.0946. The Labute approximate surface area is 229 Å². The van der Waals surface area contributed by atoms with E-state index in [1.54, 1.807) is 27.2 Å². The summed E-state index contributed by atoms with van der Waals surface area (Å²) in [5, 5.41) is 5.52. The fourth-order valence-corrected chi connectivity index (χ4v) is 14.9. The van der Waals surface area contributed by atoms with Gasteiger partial charge in [0.25, 0.3) is 0 Å². The predicted octanol–water partition coefficient (Wildman–Crippen LogP) is 10.1. The van der Waals surface area contributed by atoms with Gasteiger partial charge in [-0.05, 0) is 99.8 Å². The Morgan fingerprint density at radius 1 is 0.816 bits per heavy atom. The van der Waals surface area contributed by atoms with Crippen molar-refractivity contribution in [3.63, 3.8) is 0 Å². The van der Waals surface area contributed by atoms with E-state index >= 15 is 0 Å². The van der Waals surface area contributed by atoms with Gasteiger partial charge in [0.2, 0.25) is 0 Å². The van der Waals surface area contributed by atoms with E-state index < -0.39 is 10.0 Å². The van der Waals surface area contributed by atoms with Gasteiger partial charge in [-0.1, -0.05) is 104 Å². The molecule has 1 fully saturated rings. The zero-order valence-electron chi connectivity index (χ0n) is 22.9. The Morgan fingerprint density at radius 3 is 2.11 bits per heavy atom. The minimum atomic E-state index is -1.29. The summed E-state index contributed by atoms with van der Waals surface area (Å²) in [5.74, 6) is 1.12. The number of benzene rings is 3. The van der Waals surface area contributed by atoms with Crippen LogP contribution in [0.1, 0.15) is 62.3 Å². The maximum atomic E-state index is 2.79. The summed E-state index contributed by atoms with van der Waals surface area (Å²) in [6.07, 6.45) is 8.94. The lowest BCUT2D eigenvalue weighted by Gasteiger charge is -2.70. The van der Waals surface area contributed by atoms with Gasteiger partial charge in [-0.2, -0.15) is 10.0 Å². The monoisotopic (exact) mass is 512 g/mol. The third-order valence-corrected chi connectivity index (χ3v) is 15.5. The van der Waals surface area contributed by atoms with Crippen molar-refractivity contribution in [2.75, 3.05) is 0 Å². The molecule has 8 rings (SSSR count). The number of aryl methyl sites for hydroxylation is 1. The quantitative estimate of drug-likeness (QED) is 0.320. The Morgan fingerprint density at radius 2 is 1.45 bits per heavy atom. The van der Waals surface area contributed by atoms with E-state index in [0.29, 0.717) is 11.8 Å². The van der Waals surface area contributed by atoms with E-state index in [-0.39, 0.29) is 10.2 Å². The van der Waals surface area contributed by atoms with Gasteiger partial charge in [0, 0.05) is 16.1 Å². The topological polar surface area (TPSA) is 0 Å². The average molecular weight is 513 g/mol. The maximum Gasteiger partial charge on any atom is 0.0387 e. The van der Waals surface area contributed by atoms with Crippen LogP contribution >= 0.6 is 10.0 Å². The van der Waals surface area contributed by atoms with Crippen molar-refractivity contribution in [2.45, 2.75) is 57.1 Å². The lowest BCUT2D eigenvalue weighted by Crippen LogP contribution is -2.66. The van der Waals surface area contributed by atoms with Gasteiger partial charge in [0.05, 0.1) is 0 Å². The first-order chi connectivity index (χ1) is 18.5. The molecule has 3 aromatic rings.